The molecule has 0 N–H and O–H groups in total. The van der Waals surface area contributed by atoms with E-state index in [0.29, 0.717) is 13.1 Å². The van der Waals surface area contributed by atoms with Gasteiger partial charge in [0.05, 0.1) is 0 Å². The van der Waals surface area contributed by atoms with Crippen molar-refractivity contribution < 1.29 is 9.53 Å². The van der Waals surface area contributed by atoms with Gasteiger partial charge in [-0.3, -0.25) is 4.79 Å². The van der Waals surface area contributed by atoms with Crippen molar-refractivity contribution in [3.8, 4) is 0 Å². The van der Waals surface area contributed by atoms with Crippen molar-refractivity contribution in [2.24, 2.45) is 0 Å². The standard InChI is InChI=1S/C11H12O2/c1-10-5-2-3-6-11(10)7-4-8-13-9-12/h2-7,9H,8H2,1H3/b7-4+. The SMILES string of the molecule is Cc1ccccc1/C=C/COC=O. The Morgan fingerprint density at radius 1 is 1.38 bits per heavy atom. The highest BCUT2D eigenvalue weighted by Crippen LogP contribution is 2.08. The van der Waals surface area contributed by atoms with Crippen LogP contribution in [0.1, 0.15) is 11.1 Å². The summed E-state index contributed by atoms with van der Waals surface area (Å²) in [5.41, 5.74) is 2.36. The molecule has 1 aromatic carbocycles. The molecule has 0 radical (unpaired) electrons. The van der Waals surface area contributed by atoms with E-state index in [-0.39, 0.29) is 0 Å². The van der Waals surface area contributed by atoms with E-state index in [1.165, 1.54) is 5.56 Å². The molecule has 68 valence electrons. The molecular formula is C11H12O2. The Balaban J connectivity index is 2.58. The summed E-state index contributed by atoms with van der Waals surface area (Å²) >= 11 is 0. The first-order chi connectivity index (χ1) is 6.34. The highest BCUT2D eigenvalue weighted by molar-refractivity contribution is 5.53. The molecule has 0 saturated heterocycles. The van der Waals surface area contributed by atoms with Crippen LogP contribution >= 0.6 is 0 Å². The maximum Gasteiger partial charge on any atom is 0.293 e. The summed E-state index contributed by atoms with van der Waals surface area (Å²) in [6.45, 7) is 2.82. The van der Waals surface area contributed by atoms with Crippen LogP contribution in [0, 0.1) is 6.92 Å². The Morgan fingerprint density at radius 3 is 2.85 bits per heavy atom. The highest BCUT2D eigenvalue weighted by atomic mass is 16.5. The van der Waals surface area contributed by atoms with Gasteiger partial charge >= 0.3 is 0 Å². The van der Waals surface area contributed by atoms with E-state index in [9.17, 15) is 4.79 Å². The Hall–Kier alpha value is -1.57. The van der Waals surface area contributed by atoms with Crippen molar-refractivity contribution in [3.63, 3.8) is 0 Å². The van der Waals surface area contributed by atoms with E-state index >= 15 is 0 Å². The van der Waals surface area contributed by atoms with Gasteiger partial charge in [0, 0.05) is 0 Å². The molecule has 0 heterocycles. The fraction of sp³-hybridized carbons (Fsp3) is 0.182. The zero-order valence-electron chi connectivity index (χ0n) is 7.57. The zero-order chi connectivity index (χ0) is 9.52. The van der Waals surface area contributed by atoms with Gasteiger partial charge in [0.2, 0.25) is 0 Å². The third kappa shape index (κ3) is 3.11. The van der Waals surface area contributed by atoms with Crippen molar-refractivity contribution in [2.45, 2.75) is 6.92 Å². The summed E-state index contributed by atoms with van der Waals surface area (Å²) in [5, 5.41) is 0. The molecule has 0 spiro atoms. The molecule has 13 heavy (non-hydrogen) atoms. The molecular weight excluding hydrogens is 164 g/mol. The predicted molar refractivity (Wildman–Crippen MR) is 52.2 cm³/mol. The summed E-state index contributed by atoms with van der Waals surface area (Å²) in [6, 6.07) is 8.04. The van der Waals surface area contributed by atoms with Gasteiger partial charge < -0.3 is 4.74 Å². The summed E-state index contributed by atoms with van der Waals surface area (Å²) in [6.07, 6.45) is 3.76. The second-order valence-electron chi connectivity index (χ2n) is 2.69. The summed E-state index contributed by atoms with van der Waals surface area (Å²) in [7, 11) is 0. The maximum atomic E-state index is 9.83. The molecule has 0 atom stereocenters. The number of benzene rings is 1. The van der Waals surface area contributed by atoms with Crippen molar-refractivity contribution in [3.05, 3.63) is 41.5 Å². The minimum atomic E-state index is 0.331. The van der Waals surface area contributed by atoms with E-state index in [0.717, 1.165) is 5.56 Å². The molecule has 0 aliphatic carbocycles. The van der Waals surface area contributed by atoms with Gasteiger partial charge in [-0.1, -0.05) is 30.3 Å². The third-order valence-corrected chi connectivity index (χ3v) is 1.75. The second kappa shape index (κ2) is 5.14. The Bertz CT molecular complexity index is 303. The quantitative estimate of drug-likeness (QED) is 0.519. The highest BCUT2D eigenvalue weighted by Gasteiger charge is 1.89. The zero-order valence-corrected chi connectivity index (χ0v) is 7.57. The summed E-state index contributed by atoms with van der Waals surface area (Å²) < 4.78 is 4.53. The Morgan fingerprint density at radius 2 is 2.15 bits per heavy atom. The molecule has 0 aromatic heterocycles. The molecule has 0 unspecified atom stereocenters. The first-order valence-electron chi connectivity index (χ1n) is 4.12. The first kappa shape index (κ1) is 9.52. The number of aryl methyl sites for hydroxylation is 1. The lowest BCUT2D eigenvalue weighted by Gasteiger charge is -1.97. The van der Waals surface area contributed by atoms with Crippen molar-refractivity contribution in [2.75, 3.05) is 6.61 Å². The molecule has 0 amide bonds. The van der Waals surface area contributed by atoms with E-state index < -0.39 is 0 Å². The van der Waals surface area contributed by atoms with Crippen molar-refractivity contribution >= 4 is 12.5 Å². The third-order valence-electron chi connectivity index (χ3n) is 1.75. The second-order valence-corrected chi connectivity index (χ2v) is 2.69. The van der Waals surface area contributed by atoms with Crippen molar-refractivity contribution in [1.82, 2.24) is 0 Å². The number of carbonyl (C=O) groups is 1. The van der Waals surface area contributed by atoms with Gasteiger partial charge in [0.25, 0.3) is 6.47 Å². The van der Waals surface area contributed by atoms with Crippen LogP contribution in [-0.4, -0.2) is 13.1 Å². The van der Waals surface area contributed by atoms with Crippen LogP contribution in [0.5, 0.6) is 0 Å². The van der Waals surface area contributed by atoms with Gasteiger partial charge in [0.1, 0.15) is 6.61 Å². The lowest BCUT2D eigenvalue weighted by atomic mass is 10.1. The van der Waals surface area contributed by atoms with Gasteiger partial charge in [-0.05, 0) is 24.1 Å². The molecule has 1 aromatic rings. The monoisotopic (exact) mass is 176 g/mol. The molecule has 0 saturated carbocycles. The van der Waals surface area contributed by atoms with Crippen LogP contribution in [0.3, 0.4) is 0 Å². The first-order valence-corrected chi connectivity index (χ1v) is 4.12. The average Bonchev–Trinajstić information content (AvgIpc) is 2.15. The van der Waals surface area contributed by atoms with Gasteiger partial charge in [0.15, 0.2) is 0 Å². The molecule has 2 nitrogen and oxygen atoms in total. The lowest BCUT2D eigenvalue weighted by molar-refractivity contribution is -0.127. The average molecular weight is 176 g/mol. The minimum Gasteiger partial charge on any atom is -0.464 e. The van der Waals surface area contributed by atoms with Gasteiger partial charge in [-0.25, -0.2) is 0 Å². The van der Waals surface area contributed by atoms with E-state index in [4.69, 9.17) is 0 Å². The topological polar surface area (TPSA) is 26.3 Å². The van der Waals surface area contributed by atoms with E-state index in [1.54, 1.807) is 0 Å². The predicted octanol–water partition coefficient (Wildman–Crippen LogP) is 2.18. The molecule has 2 heteroatoms. The minimum absolute atomic E-state index is 0.331. The van der Waals surface area contributed by atoms with Crippen LogP contribution in [0.15, 0.2) is 30.3 Å². The Kier molecular flexibility index (Phi) is 3.76. The smallest absolute Gasteiger partial charge is 0.293 e. The van der Waals surface area contributed by atoms with Gasteiger partial charge in [-0.2, -0.15) is 0 Å². The van der Waals surface area contributed by atoms with E-state index in [1.807, 2.05) is 43.3 Å². The molecule has 0 aliphatic rings. The summed E-state index contributed by atoms with van der Waals surface area (Å²) in [4.78, 5) is 9.83. The Labute approximate surface area is 77.8 Å². The van der Waals surface area contributed by atoms with Crippen LogP contribution in [-0.2, 0) is 9.53 Å². The molecule has 1 rings (SSSR count). The number of hydrogen-bond donors (Lipinski definition) is 0. The van der Waals surface area contributed by atoms with Crippen molar-refractivity contribution in [1.29, 1.82) is 0 Å². The van der Waals surface area contributed by atoms with Crippen LogP contribution in [0.25, 0.3) is 6.08 Å². The fourth-order valence-electron chi connectivity index (χ4n) is 1.04. The number of carbonyl (C=O) groups excluding carboxylic acids is 1. The van der Waals surface area contributed by atoms with Crippen LogP contribution in [0.2, 0.25) is 0 Å². The number of hydrogen-bond acceptors (Lipinski definition) is 2. The summed E-state index contributed by atoms with van der Waals surface area (Å²) in [5.74, 6) is 0. The van der Waals surface area contributed by atoms with E-state index in [2.05, 4.69) is 4.74 Å². The van der Waals surface area contributed by atoms with Crippen LogP contribution < -0.4 is 0 Å². The fourth-order valence-corrected chi connectivity index (χ4v) is 1.04. The number of rotatable bonds is 4. The maximum absolute atomic E-state index is 9.83. The molecule has 0 fully saturated rings. The lowest BCUT2D eigenvalue weighted by Crippen LogP contribution is -1.86. The van der Waals surface area contributed by atoms with Crippen LogP contribution in [0.4, 0.5) is 0 Å². The molecule has 0 bridgehead atoms. The number of ether oxygens (including phenoxy) is 1. The van der Waals surface area contributed by atoms with Gasteiger partial charge in [-0.15, -0.1) is 0 Å². The molecule has 0 aliphatic heterocycles. The normalized spacial score (nSPS) is 10.2. The largest absolute Gasteiger partial charge is 0.464 e.